The molecule has 0 radical (unpaired) electrons. The second-order valence-corrected chi connectivity index (χ2v) is 6.76. The van der Waals surface area contributed by atoms with Gasteiger partial charge in [-0.05, 0) is 43.3 Å². The summed E-state index contributed by atoms with van der Waals surface area (Å²) in [5.41, 5.74) is 2.21. The molecule has 0 aliphatic heterocycles. The molecule has 1 N–H and O–H groups in total. The topological polar surface area (TPSA) is 73.6 Å². The zero-order valence-corrected chi connectivity index (χ0v) is 15.3. The van der Waals surface area contributed by atoms with Gasteiger partial charge in [0.05, 0.1) is 24.4 Å². The molecule has 26 heavy (non-hydrogen) atoms. The number of amides is 1. The van der Waals surface area contributed by atoms with Crippen molar-refractivity contribution in [2.24, 2.45) is 0 Å². The second-order valence-electron chi connectivity index (χ2n) is 5.73. The van der Waals surface area contributed by atoms with Gasteiger partial charge >= 0.3 is 0 Å². The van der Waals surface area contributed by atoms with Crippen LogP contribution in [0.3, 0.4) is 0 Å². The lowest BCUT2D eigenvalue weighted by Gasteiger charge is -1.99. The molecule has 2 heterocycles. The van der Waals surface area contributed by atoms with E-state index in [0.717, 1.165) is 26.9 Å². The summed E-state index contributed by atoms with van der Waals surface area (Å²) in [6.45, 7) is 1.85. The fourth-order valence-corrected chi connectivity index (χ4v) is 3.67. The van der Waals surface area contributed by atoms with Crippen molar-refractivity contribution in [1.82, 2.24) is 4.98 Å². The Morgan fingerprint density at radius 2 is 1.85 bits per heavy atom. The van der Waals surface area contributed by atoms with Crippen LogP contribution >= 0.6 is 11.3 Å². The normalized spacial score (nSPS) is 11.0. The number of furan rings is 1. The first-order chi connectivity index (χ1) is 12.6. The number of ether oxygens (including phenoxy) is 2. The SMILES string of the molecule is COc1ccc2nc(NC(=O)c3oc4ccc(OC)cc4c3C)sc2c1. The van der Waals surface area contributed by atoms with Crippen LogP contribution in [-0.4, -0.2) is 25.1 Å². The molecule has 0 unspecified atom stereocenters. The van der Waals surface area contributed by atoms with E-state index in [9.17, 15) is 4.79 Å². The number of carbonyl (C=O) groups is 1. The van der Waals surface area contributed by atoms with Crippen molar-refractivity contribution in [1.29, 1.82) is 0 Å². The first kappa shape index (κ1) is 16.4. The Hall–Kier alpha value is -3.06. The summed E-state index contributed by atoms with van der Waals surface area (Å²) in [6, 6.07) is 11.0. The molecule has 0 fully saturated rings. The zero-order valence-electron chi connectivity index (χ0n) is 14.5. The van der Waals surface area contributed by atoms with E-state index in [1.165, 1.54) is 11.3 Å². The van der Waals surface area contributed by atoms with Gasteiger partial charge in [0.1, 0.15) is 17.1 Å². The number of benzene rings is 2. The van der Waals surface area contributed by atoms with Gasteiger partial charge in [-0.25, -0.2) is 4.98 Å². The van der Waals surface area contributed by atoms with Crippen LogP contribution in [0.25, 0.3) is 21.2 Å². The summed E-state index contributed by atoms with van der Waals surface area (Å²) in [5, 5.41) is 4.18. The molecule has 2 aromatic carbocycles. The van der Waals surface area contributed by atoms with Gasteiger partial charge in [0.25, 0.3) is 5.91 Å². The van der Waals surface area contributed by atoms with Crippen molar-refractivity contribution >= 4 is 43.6 Å². The molecule has 0 bridgehead atoms. The Labute approximate surface area is 153 Å². The highest BCUT2D eigenvalue weighted by Crippen LogP contribution is 2.32. The number of nitrogens with zero attached hydrogens (tertiary/aromatic N) is 1. The molecule has 7 heteroatoms. The van der Waals surface area contributed by atoms with Crippen LogP contribution < -0.4 is 14.8 Å². The summed E-state index contributed by atoms with van der Waals surface area (Å²) in [5.74, 6) is 1.41. The molecule has 0 saturated heterocycles. The number of rotatable bonds is 4. The van der Waals surface area contributed by atoms with Gasteiger partial charge in [-0.1, -0.05) is 11.3 Å². The van der Waals surface area contributed by atoms with Gasteiger partial charge in [-0.2, -0.15) is 0 Å². The Morgan fingerprint density at radius 3 is 2.62 bits per heavy atom. The molecule has 0 spiro atoms. The van der Waals surface area contributed by atoms with Gasteiger partial charge in [0.2, 0.25) is 0 Å². The van der Waals surface area contributed by atoms with Crippen LogP contribution in [-0.2, 0) is 0 Å². The van der Waals surface area contributed by atoms with Crippen LogP contribution in [0.15, 0.2) is 40.8 Å². The van der Waals surface area contributed by atoms with E-state index in [1.54, 1.807) is 26.4 Å². The predicted octanol–water partition coefficient (Wildman–Crippen LogP) is 4.62. The molecule has 1 amide bonds. The Bertz CT molecular complexity index is 1130. The number of aryl methyl sites for hydroxylation is 1. The molecular weight excluding hydrogens is 352 g/mol. The minimum atomic E-state index is -0.330. The van der Waals surface area contributed by atoms with Gasteiger partial charge in [0.15, 0.2) is 10.9 Å². The molecule has 0 aliphatic carbocycles. The molecule has 0 aliphatic rings. The maximum atomic E-state index is 12.7. The molecule has 6 nitrogen and oxygen atoms in total. The maximum Gasteiger partial charge on any atom is 0.293 e. The Morgan fingerprint density at radius 1 is 1.12 bits per heavy atom. The number of methoxy groups -OCH3 is 2. The van der Waals surface area contributed by atoms with Crippen LogP contribution in [0.5, 0.6) is 11.5 Å². The average Bonchev–Trinajstić information content (AvgIpc) is 3.21. The zero-order chi connectivity index (χ0) is 18.3. The molecule has 0 saturated carbocycles. The Kier molecular flexibility index (Phi) is 4.00. The smallest absolute Gasteiger partial charge is 0.293 e. The summed E-state index contributed by atoms with van der Waals surface area (Å²) < 4.78 is 17.1. The molecule has 0 atom stereocenters. The molecule has 4 rings (SSSR count). The van der Waals surface area contributed by atoms with E-state index >= 15 is 0 Å². The van der Waals surface area contributed by atoms with Crippen molar-refractivity contribution in [3.8, 4) is 11.5 Å². The van der Waals surface area contributed by atoms with E-state index in [-0.39, 0.29) is 11.7 Å². The number of thiazole rings is 1. The highest BCUT2D eigenvalue weighted by Gasteiger charge is 2.19. The number of hydrogen-bond donors (Lipinski definition) is 1. The number of nitrogens with one attached hydrogen (secondary N) is 1. The number of anilines is 1. The highest BCUT2D eigenvalue weighted by molar-refractivity contribution is 7.22. The minimum Gasteiger partial charge on any atom is -0.497 e. The van der Waals surface area contributed by atoms with Crippen molar-refractivity contribution in [2.75, 3.05) is 19.5 Å². The third kappa shape index (κ3) is 2.76. The lowest BCUT2D eigenvalue weighted by Crippen LogP contribution is -2.11. The number of carbonyl (C=O) groups excluding carboxylic acids is 1. The summed E-state index contributed by atoms with van der Waals surface area (Å²) in [6.07, 6.45) is 0. The lowest BCUT2D eigenvalue weighted by atomic mass is 10.1. The Balaban J connectivity index is 1.65. The fraction of sp³-hybridized carbons (Fsp3) is 0.158. The van der Waals surface area contributed by atoms with E-state index in [0.29, 0.717) is 16.5 Å². The summed E-state index contributed by atoms with van der Waals surface area (Å²) >= 11 is 1.38. The predicted molar refractivity (Wildman–Crippen MR) is 102 cm³/mol. The van der Waals surface area contributed by atoms with Crippen molar-refractivity contribution in [3.05, 3.63) is 47.7 Å². The highest BCUT2D eigenvalue weighted by atomic mass is 32.1. The van der Waals surface area contributed by atoms with E-state index in [1.807, 2.05) is 31.2 Å². The standard InChI is InChI=1S/C19H16N2O4S/c1-10-13-8-11(23-2)5-7-15(13)25-17(10)18(22)21-19-20-14-6-4-12(24-3)9-16(14)26-19/h4-9H,1-3H3,(H,20,21,22). The number of hydrogen-bond acceptors (Lipinski definition) is 6. The quantitative estimate of drug-likeness (QED) is 0.569. The van der Waals surface area contributed by atoms with E-state index < -0.39 is 0 Å². The lowest BCUT2D eigenvalue weighted by molar-refractivity contribution is 0.0998. The van der Waals surface area contributed by atoms with Crippen LogP contribution in [0.1, 0.15) is 16.1 Å². The first-order valence-corrected chi connectivity index (χ1v) is 8.74. The van der Waals surface area contributed by atoms with E-state index in [2.05, 4.69) is 10.3 Å². The third-order valence-electron chi connectivity index (χ3n) is 4.17. The van der Waals surface area contributed by atoms with Crippen LogP contribution in [0, 0.1) is 6.92 Å². The van der Waals surface area contributed by atoms with Gasteiger partial charge in [-0.15, -0.1) is 0 Å². The molecule has 2 aromatic heterocycles. The summed E-state index contributed by atoms with van der Waals surface area (Å²) in [4.78, 5) is 17.1. The largest absolute Gasteiger partial charge is 0.497 e. The molecule has 4 aromatic rings. The first-order valence-electron chi connectivity index (χ1n) is 7.92. The minimum absolute atomic E-state index is 0.269. The van der Waals surface area contributed by atoms with Crippen LogP contribution in [0.2, 0.25) is 0 Å². The third-order valence-corrected chi connectivity index (χ3v) is 5.10. The summed E-state index contributed by atoms with van der Waals surface area (Å²) in [7, 11) is 3.22. The van der Waals surface area contributed by atoms with Gasteiger partial charge in [0, 0.05) is 10.9 Å². The van der Waals surface area contributed by atoms with Crippen molar-refractivity contribution in [3.63, 3.8) is 0 Å². The maximum absolute atomic E-state index is 12.7. The van der Waals surface area contributed by atoms with Crippen molar-refractivity contribution in [2.45, 2.75) is 6.92 Å². The van der Waals surface area contributed by atoms with Crippen LogP contribution in [0.4, 0.5) is 5.13 Å². The van der Waals surface area contributed by atoms with Crippen molar-refractivity contribution < 1.29 is 18.7 Å². The molecular formula is C19H16N2O4S. The number of aromatic nitrogens is 1. The number of fused-ring (bicyclic) bond motifs is 2. The van der Waals surface area contributed by atoms with Gasteiger partial charge in [-0.3, -0.25) is 10.1 Å². The van der Waals surface area contributed by atoms with E-state index in [4.69, 9.17) is 13.9 Å². The average molecular weight is 368 g/mol. The fourth-order valence-electron chi connectivity index (χ4n) is 2.78. The monoisotopic (exact) mass is 368 g/mol. The van der Waals surface area contributed by atoms with Gasteiger partial charge < -0.3 is 13.9 Å². The molecule has 132 valence electrons. The second kappa shape index (κ2) is 6.34.